The number of ether oxygens (including phenoxy) is 1. The van der Waals surface area contributed by atoms with E-state index in [1.165, 1.54) is 4.52 Å². The third-order valence-corrected chi connectivity index (χ3v) is 10.1. The van der Waals surface area contributed by atoms with Crippen molar-refractivity contribution in [2.75, 3.05) is 31.6 Å². The van der Waals surface area contributed by atoms with Gasteiger partial charge in [-0.05, 0) is 68.4 Å². The summed E-state index contributed by atoms with van der Waals surface area (Å²) in [7, 11) is 0. The Morgan fingerprint density at radius 2 is 1.82 bits per heavy atom. The van der Waals surface area contributed by atoms with Crippen molar-refractivity contribution in [3.05, 3.63) is 91.3 Å². The van der Waals surface area contributed by atoms with Crippen LogP contribution in [0.5, 0.6) is 0 Å². The molecule has 1 spiro atoms. The van der Waals surface area contributed by atoms with Gasteiger partial charge < -0.3 is 19.5 Å². The quantitative estimate of drug-likeness (QED) is 0.287. The summed E-state index contributed by atoms with van der Waals surface area (Å²) in [5.41, 5.74) is 0.204. The van der Waals surface area contributed by atoms with E-state index in [0.717, 1.165) is 12.0 Å². The Balaban J connectivity index is 1.27. The summed E-state index contributed by atoms with van der Waals surface area (Å²) in [4.78, 5) is 51.9. The fraction of sp³-hybridized carbons (Fsp3) is 0.394. The van der Waals surface area contributed by atoms with Crippen LogP contribution in [0.4, 0.5) is 18.9 Å². The molecule has 0 saturated carbocycles. The van der Waals surface area contributed by atoms with Crippen LogP contribution in [0.1, 0.15) is 65.2 Å². The van der Waals surface area contributed by atoms with Crippen LogP contribution < -0.4 is 10.9 Å². The third kappa shape index (κ3) is 6.21. The predicted octanol–water partition coefficient (Wildman–Crippen LogP) is 5.56. The van der Waals surface area contributed by atoms with Gasteiger partial charge in [0.1, 0.15) is 12.2 Å². The maximum atomic E-state index is 14.4. The van der Waals surface area contributed by atoms with Crippen molar-refractivity contribution in [2.24, 2.45) is 0 Å². The van der Waals surface area contributed by atoms with Gasteiger partial charge in [0.15, 0.2) is 5.82 Å². The zero-order valence-corrected chi connectivity index (χ0v) is 27.5. The van der Waals surface area contributed by atoms with Crippen LogP contribution in [-0.4, -0.2) is 67.2 Å². The van der Waals surface area contributed by atoms with Gasteiger partial charge in [-0.25, -0.2) is 0 Å². The van der Waals surface area contributed by atoms with E-state index in [-0.39, 0.29) is 39.5 Å². The Bertz CT molecular complexity index is 2030. The van der Waals surface area contributed by atoms with Gasteiger partial charge in [0.25, 0.3) is 11.5 Å². The van der Waals surface area contributed by atoms with Crippen molar-refractivity contribution in [3.63, 3.8) is 0 Å². The number of anilines is 1. The number of aromatic nitrogens is 5. The van der Waals surface area contributed by atoms with E-state index in [1.807, 2.05) is 6.08 Å². The van der Waals surface area contributed by atoms with Crippen molar-refractivity contribution < 1.29 is 27.5 Å². The predicted molar refractivity (Wildman–Crippen MR) is 175 cm³/mol. The summed E-state index contributed by atoms with van der Waals surface area (Å²) in [5, 5.41) is 6.43. The van der Waals surface area contributed by atoms with Crippen molar-refractivity contribution in [1.82, 2.24) is 29.0 Å². The summed E-state index contributed by atoms with van der Waals surface area (Å²) < 4.78 is 48.3. The van der Waals surface area contributed by atoms with Gasteiger partial charge in [0.2, 0.25) is 11.7 Å². The van der Waals surface area contributed by atoms with Gasteiger partial charge in [0.05, 0.1) is 34.5 Å². The first-order chi connectivity index (χ1) is 23.4. The number of likely N-dealkylation sites (tertiary alicyclic amines) is 1. The highest BCUT2D eigenvalue weighted by Gasteiger charge is 2.44. The second kappa shape index (κ2) is 12.9. The molecule has 1 fully saturated rings. The highest BCUT2D eigenvalue weighted by molar-refractivity contribution is 6.39. The smallest absolute Gasteiger partial charge is 0.377 e. The molecular formula is C33H30Cl2F3N7O4. The number of piperidine rings is 1. The lowest BCUT2D eigenvalue weighted by Gasteiger charge is -2.45. The molecule has 2 amide bonds. The highest BCUT2D eigenvalue weighted by atomic mass is 35.5. The number of alkyl halides is 3. The zero-order chi connectivity index (χ0) is 34.5. The molecular weight excluding hydrogens is 686 g/mol. The van der Waals surface area contributed by atoms with E-state index >= 15 is 0 Å². The number of nitrogens with one attached hydrogen (secondary N) is 1. The summed E-state index contributed by atoms with van der Waals surface area (Å²) in [6.45, 7) is 1.32. The molecule has 3 aliphatic rings. The largest absolute Gasteiger partial charge is 0.416 e. The van der Waals surface area contributed by atoms with Crippen molar-refractivity contribution in [2.45, 2.75) is 56.7 Å². The Morgan fingerprint density at radius 3 is 2.47 bits per heavy atom. The van der Waals surface area contributed by atoms with Gasteiger partial charge in [0, 0.05) is 36.0 Å². The minimum Gasteiger partial charge on any atom is -0.377 e. The number of halogens is 5. The topological polar surface area (TPSA) is 124 Å². The molecule has 0 radical (unpaired) electrons. The molecule has 5 heterocycles. The van der Waals surface area contributed by atoms with Gasteiger partial charge in [-0.2, -0.15) is 22.7 Å². The van der Waals surface area contributed by atoms with Gasteiger partial charge in [-0.3, -0.25) is 19.4 Å². The molecule has 1 aromatic carbocycles. The van der Waals surface area contributed by atoms with Crippen LogP contribution in [0, 0.1) is 0 Å². The van der Waals surface area contributed by atoms with E-state index in [1.54, 1.807) is 33.9 Å². The molecule has 1 N–H and O–H groups in total. The molecule has 1 aliphatic carbocycles. The number of hydrogen-bond acceptors (Lipinski definition) is 7. The Hall–Kier alpha value is -4.27. The van der Waals surface area contributed by atoms with Crippen LogP contribution in [-0.2, 0) is 34.1 Å². The lowest BCUT2D eigenvalue weighted by molar-refractivity contribution is -0.137. The fourth-order valence-corrected chi connectivity index (χ4v) is 7.69. The lowest BCUT2D eigenvalue weighted by Crippen LogP contribution is -2.50. The van der Waals surface area contributed by atoms with E-state index in [0.29, 0.717) is 93.3 Å². The second-order valence-corrected chi connectivity index (χ2v) is 13.2. The molecule has 16 heteroatoms. The Morgan fingerprint density at radius 1 is 1.06 bits per heavy atom. The first kappa shape index (κ1) is 33.2. The number of benzene rings is 1. The molecule has 0 bridgehead atoms. The van der Waals surface area contributed by atoms with Crippen LogP contribution in [0.3, 0.4) is 0 Å². The summed E-state index contributed by atoms with van der Waals surface area (Å²) >= 11 is 12.3. The van der Waals surface area contributed by atoms with Crippen molar-refractivity contribution in [3.8, 4) is 0 Å². The van der Waals surface area contributed by atoms with Crippen LogP contribution in [0.2, 0.25) is 10.0 Å². The average molecular weight is 717 g/mol. The molecule has 256 valence electrons. The number of nitrogens with zero attached hydrogens (tertiary/aromatic N) is 6. The zero-order valence-electron chi connectivity index (χ0n) is 26.0. The minimum atomic E-state index is -4.68. The second-order valence-electron chi connectivity index (χ2n) is 12.4. The SMILES string of the molecule is O=C(Cn1c2c(c(=O)n3nc(C4=CCOCC4)nc13)C1(CCC2)CCN(C(=O)c2ccccn2)CC1)Nc1c(Cl)cc(C(F)(F)F)cc1Cl. The summed E-state index contributed by atoms with van der Waals surface area (Å²) in [6, 6.07) is 6.57. The number of fused-ring (bicyclic) bond motifs is 3. The minimum absolute atomic E-state index is 0.158. The van der Waals surface area contributed by atoms with Gasteiger partial charge in [-0.1, -0.05) is 35.3 Å². The molecule has 0 unspecified atom stereocenters. The standard InChI is InChI=1S/C33H30Cl2F3N7O4/c34-21-16-20(33(36,37)38)17-22(35)27(21)40-25(46)18-44-24-5-3-8-32(9-12-43(13-10-32)29(47)23-4-1-2-11-39-23)26(24)30(48)45-31(44)41-28(42-45)19-6-14-49-15-7-19/h1-2,4,6,11,16-17H,3,5,7-10,12-15,18H2,(H,40,46). The molecule has 1 saturated heterocycles. The first-order valence-corrected chi connectivity index (χ1v) is 16.6. The van der Waals surface area contributed by atoms with E-state index < -0.39 is 23.1 Å². The Kier molecular flexibility index (Phi) is 8.74. The lowest BCUT2D eigenvalue weighted by atomic mass is 9.66. The molecule has 3 aromatic heterocycles. The number of carbonyl (C=O) groups is 2. The average Bonchev–Trinajstić information content (AvgIpc) is 3.55. The number of hydrogen-bond donors (Lipinski definition) is 1. The number of carbonyl (C=O) groups excluding carboxylic acids is 2. The molecule has 4 aromatic rings. The number of rotatable bonds is 5. The molecule has 11 nitrogen and oxygen atoms in total. The van der Waals surface area contributed by atoms with Crippen molar-refractivity contribution >= 4 is 52.1 Å². The van der Waals surface area contributed by atoms with Crippen LogP contribution >= 0.6 is 23.2 Å². The summed E-state index contributed by atoms with van der Waals surface area (Å²) in [6.07, 6.45) is 2.23. The highest BCUT2D eigenvalue weighted by Crippen LogP contribution is 2.44. The van der Waals surface area contributed by atoms with Gasteiger partial charge in [-0.15, -0.1) is 5.10 Å². The third-order valence-electron chi connectivity index (χ3n) is 9.53. The normalized spacial score (nSPS) is 17.6. The fourth-order valence-electron chi connectivity index (χ4n) is 7.11. The summed E-state index contributed by atoms with van der Waals surface area (Å²) in [5.74, 6) is -0.315. The first-order valence-electron chi connectivity index (χ1n) is 15.8. The van der Waals surface area contributed by atoms with Gasteiger partial charge >= 0.3 is 6.18 Å². The Labute approximate surface area is 287 Å². The molecule has 0 atom stereocenters. The van der Waals surface area contributed by atoms with E-state index in [9.17, 15) is 27.6 Å². The van der Waals surface area contributed by atoms with Crippen LogP contribution in [0.15, 0.2) is 47.4 Å². The monoisotopic (exact) mass is 715 g/mol. The van der Waals surface area contributed by atoms with Crippen molar-refractivity contribution in [1.29, 1.82) is 0 Å². The maximum absolute atomic E-state index is 14.4. The van der Waals surface area contributed by atoms with E-state index in [4.69, 9.17) is 32.9 Å². The van der Waals surface area contributed by atoms with Crippen LogP contribution in [0.25, 0.3) is 11.4 Å². The van der Waals surface area contributed by atoms with E-state index in [2.05, 4.69) is 15.4 Å². The molecule has 2 aliphatic heterocycles. The number of amides is 2. The molecule has 49 heavy (non-hydrogen) atoms. The number of pyridine rings is 1. The molecule has 7 rings (SSSR count). The maximum Gasteiger partial charge on any atom is 0.416 e.